The molecule has 0 fully saturated rings. The Hall–Kier alpha value is -2.69. The quantitative estimate of drug-likeness (QED) is 0.624. The Morgan fingerprint density at radius 1 is 0.900 bits per heavy atom. The zero-order valence-electron chi connectivity index (χ0n) is 10.8. The zero-order chi connectivity index (χ0) is 14.4. The van der Waals surface area contributed by atoms with Gasteiger partial charge in [-0.3, -0.25) is 0 Å². The van der Waals surface area contributed by atoms with Crippen LogP contribution < -0.4 is 15.2 Å². The van der Waals surface area contributed by atoms with E-state index in [9.17, 15) is 4.79 Å². The smallest absolute Gasteiger partial charge is 0.335 e. The van der Waals surface area contributed by atoms with Crippen LogP contribution in [0.4, 0.5) is 5.69 Å². The second-order valence-corrected chi connectivity index (χ2v) is 4.10. The molecular formula is C15H15NO4. The second kappa shape index (κ2) is 6.47. The van der Waals surface area contributed by atoms with Gasteiger partial charge in [0.05, 0.1) is 5.56 Å². The van der Waals surface area contributed by atoms with Gasteiger partial charge < -0.3 is 20.3 Å². The van der Waals surface area contributed by atoms with Gasteiger partial charge in [-0.2, -0.15) is 0 Å². The molecule has 5 nitrogen and oxygen atoms in total. The maximum absolute atomic E-state index is 10.7. The van der Waals surface area contributed by atoms with Gasteiger partial charge in [-0.15, -0.1) is 0 Å². The molecule has 0 saturated carbocycles. The van der Waals surface area contributed by atoms with Crippen molar-refractivity contribution in [2.45, 2.75) is 0 Å². The van der Waals surface area contributed by atoms with Crippen LogP contribution >= 0.6 is 0 Å². The number of rotatable bonds is 6. The average molecular weight is 273 g/mol. The highest BCUT2D eigenvalue weighted by atomic mass is 16.5. The van der Waals surface area contributed by atoms with Crippen molar-refractivity contribution in [3.63, 3.8) is 0 Å². The monoisotopic (exact) mass is 273 g/mol. The van der Waals surface area contributed by atoms with Crippen LogP contribution in [0.5, 0.6) is 11.5 Å². The number of benzene rings is 2. The summed E-state index contributed by atoms with van der Waals surface area (Å²) in [7, 11) is 0. The van der Waals surface area contributed by atoms with Gasteiger partial charge in [0.2, 0.25) is 0 Å². The maximum atomic E-state index is 10.7. The first-order valence-corrected chi connectivity index (χ1v) is 6.09. The number of hydrogen-bond acceptors (Lipinski definition) is 4. The summed E-state index contributed by atoms with van der Waals surface area (Å²) in [5.74, 6) is 0.378. The first kappa shape index (κ1) is 13.7. The van der Waals surface area contributed by atoms with Crippen LogP contribution in [0.2, 0.25) is 0 Å². The van der Waals surface area contributed by atoms with Crippen molar-refractivity contribution >= 4 is 11.7 Å². The molecule has 2 aromatic carbocycles. The lowest BCUT2D eigenvalue weighted by Crippen LogP contribution is -2.09. The van der Waals surface area contributed by atoms with E-state index in [0.717, 1.165) is 5.75 Å². The van der Waals surface area contributed by atoms with Crippen molar-refractivity contribution in [2.24, 2.45) is 0 Å². The fourth-order valence-corrected chi connectivity index (χ4v) is 1.58. The first-order valence-electron chi connectivity index (χ1n) is 6.09. The molecule has 0 aromatic heterocycles. The van der Waals surface area contributed by atoms with Crippen LogP contribution in [0.25, 0.3) is 0 Å². The molecule has 2 rings (SSSR count). The standard InChI is InChI=1S/C15H15NO4/c16-12-3-7-14(8-4-12)20-10-9-19-13-5-1-11(2-6-13)15(17)18/h1-8H,9-10,16H2,(H,17,18). The van der Waals surface area contributed by atoms with Gasteiger partial charge in [0.25, 0.3) is 0 Å². The number of nitrogen functional groups attached to an aromatic ring is 1. The average Bonchev–Trinajstić information content (AvgIpc) is 2.46. The highest BCUT2D eigenvalue weighted by Crippen LogP contribution is 2.14. The molecule has 0 aliphatic rings. The van der Waals surface area contributed by atoms with Gasteiger partial charge >= 0.3 is 5.97 Å². The molecule has 0 aliphatic carbocycles. The lowest BCUT2D eigenvalue weighted by Gasteiger charge is -2.08. The summed E-state index contributed by atoms with van der Waals surface area (Å²) in [6.45, 7) is 0.765. The minimum absolute atomic E-state index is 0.232. The van der Waals surface area contributed by atoms with Crippen LogP contribution in [0.1, 0.15) is 10.4 Å². The lowest BCUT2D eigenvalue weighted by atomic mass is 10.2. The van der Waals surface area contributed by atoms with Gasteiger partial charge in [-0.05, 0) is 48.5 Å². The van der Waals surface area contributed by atoms with Crippen molar-refractivity contribution in [1.82, 2.24) is 0 Å². The third-order valence-corrected chi connectivity index (χ3v) is 2.60. The summed E-state index contributed by atoms with van der Waals surface area (Å²) < 4.78 is 10.9. The van der Waals surface area contributed by atoms with Crippen molar-refractivity contribution < 1.29 is 19.4 Å². The van der Waals surface area contributed by atoms with Crippen LogP contribution in [-0.4, -0.2) is 24.3 Å². The van der Waals surface area contributed by atoms with E-state index in [1.54, 1.807) is 36.4 Å². The van der Waals surface area contributed by atoms with E-state index in [0.29, 0.717) is 24.7 Å². The number of aromatic carboxylic acids is 1. The molecular weight excluding hydrogens is 258 g/mol. The fraction of sp³-hybridized carbons (Fsp3) is 0.133. The van der Waals surface area contributed by atoms with Gasteiger partial charge in [-0.25, -0.2) is 4.79 Å². The fourth-order valence-electron chi connectivity index (χ4n) is 1.58. The number of carboxylic acid groups (broad SMARTS) is 1. The Kier molecular flexibility index (Phi) is 4.44. The molecule has 0 bridgehead atoms. The highest BCUT2D eigenvalue weighted by Gasteiger charge is 2.02. The van der Waals surface area contributed by atoms with E-state index in [1.807, 2.05) is 0 Å². The van der Waals surface area contributed by atoms with E-state index < -0.39 is 5.97 Å². The highest BCUT2D eigenvalue weighted by molar-refractivity contribution is 5.87. The minimum atomic E-state index is -0.955. The van der Waals surface area contributed by atoms with E-state index in [1.165, 1.54) is 12.1 Å². The SMILES string of the molecule is Nc1ccc(OCCOc2ccc(C(=O)O)cc2)cc1. The molecule has 3 N–H and O–H groups in total. The molecule has 0 spiro atoms. The Bertz CT molecular complexity index is 563. The van der Waals surface area contributed by atoms with Crippen LogP contribution in [0.3, 0.4) is 0 Å². The molecule has 0 atom stereocenters. The van der Waals surface area contributed by atoms with Gasteiger partial charge in [-0.1, -0.05) is 0 Å². The largest absolute Gasteiger partial charge is 0.490 e. The molecule has 5 heteroatoms. The Balaban J connectivity index is 1.75. The summed E-state index contributed by atoms with van der Waals surface area (Å²) in [5, 5.41) is 8.77. The van der Waals surface area contributed by atoms with Crippen LogP contribution in [0.15, 0.2) is 48.5 Å². The number of ether oxygens (including phenoxy) is 2. The topological polar surface area (TPSA) is 81.8 Å². The zero-order valence-corrected chi connectivity index (χ0v) is 10.8. The summed E-state index contributed by atoms with van der Waals surface area (Å²) in [6.07, 6.45) is 0. The summed E-state index contributed by atoms with van der Waals surface area (Å²) >= 11 is 0. The number of hydrogen-bond donors (Lipinski definition) is 2. The molecule has 20 heavy (non-hydrogen) atoms. The number of carboxylic acids is 1. The number of carbonyl (C=O) groups is 1. The van der Waals surface area contributed by atoms with Gasteiger partial charge in [0, 0.05) is 5.69 Å². The summed E-state index contributed by atoms with van der Waals surface area (Å²) in [6, 6.07) is 13.3. The Morgan fingerprint density at radius 2 is 1.35 bits per heavy atom. The lowest BCUT2D eigenvalue weighted by molar-refractivity contribution is 0.0697. The molecule has 0 aliphatic heterocycles. The van der Waals surface area contributed by atoms with E-state index >= 15 is 0 Å². The predicted molar refractivity (Wildman–Crippen MR) is 75.2 cm³/mol. The van der Waals surface area contributed by atoms with E-state index in [2.05, 4.69) is 0 Å². The maximum Gasteiger partial charge on any atom is 0.335 e. The number of anilines is 1. The van der Waals surface area contributed by atoms with Crippen molar-refractivity contribution in [2.75, 3.05) is 18.9 Å². The third kappa shape index (κ3) is 3.91. The van der Waals surface area contributed by atoms with Crippen molar-refractivity contribution in [3.05, 3.63) is 54.1 Å². The normalized spacial score (nSPS) is 10.0. The molecule has 104 valence electrons. The van der Waals surface area contributed by atoms with Crippen LogP contribution in [-0.2, 0) is 0 Å². The molecule has 0 unspecified atom stereocenters. The number of nitrogens with two attached hydrogens (primary N) is 1. The Morgan fingerprint density at radius 3 is 1.80 bits per heavy atom. The molecule has 2 aromatic rings. The van der Waals surface area contributed by atoms with Crippen LogP contribution in [0, 0.1) is 0 Å². The molecule has 0 heterocycles. The third-order valence-electron chi connectivity index (χ3n) is 2.60. The second-order valence-electron chi connectivity index (χ2n) is 4.10. The Labute approximate surface area is 116 Å². The van der Waals surface area contributed by atoms with Crippen molar-refractivity contribution in [1.29, 1.82) is 0 Å². The molecule has 0 radical (unpaired) electrons. The van der Waals surface area contributed by atoms with E-state index in [4.69, 9.17) is 20.3 Å². The first-order chi connectivity index (χ1) is 9.65. The van der Waals surface area contributed by atoms with Crippen molar-refractivity contribution in [3.8, 4) is 11.5 Å². The minimum Gasteiger partial charge on any atom is -0.490 e. The predicted octanol–water partition coefficient (Wildman–Crippen LogP) is 2.42. The summed E-state index contributed by atoms with van der Waals surface area (Å²) in [4.78, 5) is 10.7. The van der Waals surface area contributed by atoms with Gasteiger partial charge in [0.15, 0.2) is 0 Å². The van der Waals surface area contributed by atoms with Gasteiger partial charge in [0.1, 0.15) is 24.7 Å². The molecule has 0 amide bonds. The summed E-state index contributed by atoms with van der Waals surface area (Å²) in [5.41, 5.74) is 6.49. The van der Waals surface area contributed by atoms with E-state index in [-0.39, 0.29) is 5.56 Å². The molecule has 0 saturated heterocycles.